The molecule has 0 spiro atoms. The molecule has 0 aliphatic carbocycles. The van der Waals surface area contributed by atoms with Crippen LogP contribution in [0.4, 0.5) is 0 Å². The minimum atomic E-state index is 0.428. The van der Waals surface area contributed by atoms with Crippen LogP contribution in [-0.2, 0) is 4.79 Å². The van der Waals surface area contributed by atoms with Crippen LogP contribution in [0.15, 0.2) is 0 Å². The van der Waals surface area contributed by atoms with E-state index >= 15 is 0 Å². The molecule has 0 saturated carbocycles. The zero-order valence-corrected chi connectivity index (χ0v) is 8.09. The fraction of sp³-hybridized carbons (Fsp3) is 0.900. The van der Waals surface area contributed by atoms with Gasteiger partial charge in [-0.25, -0.2) is 0 Å². The summed E-state index contributed by atoms with van der Waals surface area (Å²) in [6, 6.07) is 0. The number of ketones is 1. The Labute approximate surface area is 79.5 Å². The van der Waals surface area contributed by atoms with Crippen molar-refractivity contribution in [2.45, 2.75) is 19.3 Å². The fourth-order valence-electron chi connectivity index (χ4n) is 2.30. The van der Waals surface area contributed by atoms with Gasteiger partial charge in [-0.15, -0.1) is 0 Å². The van der Waals surface area contributed by atoms with Gasteiger partial charge in [-0.2, -0.15) is 0 Å². The van der Waals surface area contributed by atoms with E-state index in [1.807, 2.05) is 0 Å². The summed E-state index contributed by atoms with van der Waals surface area (Å²) in [5.74, 6) is 1.21. The smallest absolute Gasteiger partial charge is 0.146 e. The van der Waals surface area contributed by atoms with Gasteiger partial charge in [-0.1, -0.05) is 0 Å². The van der Waals surface area contributed by atoms with Gasteiger partial charge >= 0.3 is 0 Å². The van der Waals surface area contributed by atoms with Crippen LogP contribution in [0, 0.1) is 5.92 Å². The summed E-state index contributed by atoms with van der Waals surface area (Å²) >= 11 is 0. The zero-order valence-electron chi connectivity index (χ0n) is 8.09. The molecule has 13 heavy (non-hydrogen) atoms. The summed E-state index contributed by atoms with van der Waals surface area (Å²) in [5, 5.41) is 3.36. The predicted molar refractivity (Wildman–Crippen MR) is 51.7 cm³/mol. The SMILES string of the molecule is O=C1CCCN(CC2CCNC2)C1. The third-order valence-corrected chi connectivity index (χ3v) is 3.01. The van der Waals surface area contributed by atoms with E-state index < -0.39 is 0 Å². The van der Waals surface area contributed by atoms with Gasteiger partial charge in [0.2, 0.25) is 0 Å². The number of nitrogens with one attached hydrogen (secondary N) is 1. The van der Waals surface area contributed by atoms with Crippen LogP contribution in [0.2, 0.25) is 0 Å². The lowest BCUT2D eigenvalue weighted by molar-refractivity contribution is -0.122. The van der Waals surface area contributed by atoms with E-state index in [9.17, 15) is 4.79 Å². The van der Waals surface area contributed by atoms with E-state index in [1.165, 1.54) is 6.42 Å². The molecule has 3 heteroatoms. The van der Waals surface area contributed by atoms with Gasteiger partial charge in [0, 0.05) is 13.0 Å². The molecule has 2 aliphatic rings. The molecule has 2 fully saturated rings. The number of Topliss-reactive ketones (excluding diaryl/α,β-unsaturated/α-hetero) is 1. The third kappa shape index (κ3) is 2.51. The van der Waals surface area contributed by atoms with Crippen LogP contribution in [0.1, 0.15) is 19.3 Å². The molecule has 0 radical (unpaired) electrons. The Balaban J connectivity index is 1.76. The van der Waals surface area contributed by atoms with Gasteiger partial charge in [0.25, 0.3) is 0 Å². The molecule has 1 unspecified atom stereocenters. The summed E-state index contributed by atoms with van der Waals surface area (Å²) in [6.45, 7) is 5.26. The minimum Gasteiger partial charge on any atom is -0.316 e. The highest BCUT2D eigenvalue weighted by atomic mass is 16.1. The number of nitrogens with zero attached hydrogens (tertiary/aromatic N) is 1. The first kappa shape index (κ1) is 9.16. The number of carbonyl (C=O) groups is 1. The van der Waals surface area contributed by atoms with Crippen LogP contribution in [-0.4, -0.2) is 43.4 Å². The van der Waals surface area contributed by atoms with Crippen molar-refractivity contribution in [2.75, 3.05) is 32.7 Å². The summed E-state index contributed by atoms with van der Waals surface area (Å²) in [7, 11) is 0. The van der Waals surface area contributed by atoms with Crippen LogP contribution >= 0.6 is 0 Å². The Morgan fingerprint density at radius 1 is 1.54 bits per heavy atom. The van der Waals surface area contributed by atoms with E-state index in [4.69, 9.17) is 0 Å². The lowest BCUT2D eigenvalue weighted by atomic mass is 10.1. The summed E-state index contributed by atoms with van der Waals surface area (Å²) in [5.41, 5.74) is 0. The molecule has 2 heterocycles. The first-order valence-electron chi connectivity index (χ1n) is 5.29. The number of likely N-dealkylation sites (tertiary alicyclic amines) is 1. The fourth-order valence-corrected chi connectivity index (χ4v) is 2.30. The van der Waals surface area contributed by atoms with Gasteiger partial charge in [0.05, 0.1) is 6.54 Å². The quantitative estimate of drug-likeness (QED) is 0.665. The molecule has 1 N–H and O–H groups in total. The van der Waals surface area contributed by atoms with Gasteiger partial charge in [-0.05, 0) is 38.4 Å². The standard InChI is InChI=1S/C10H18N2O/c13-10-2-1-5-12(8-10)7-9-3-4-11-6-9/h9,11H,1-8H2. The normalized spacial score (nSPS) is 31.1. The molecule has 1 atom stereocenters. The van der Waals surface area contributed by atoms with Crippen LogP contribution in [0.25, 0.3) is 0 Å². The zero-order chi connectivity index (χ0) is 9.10. The van der Waals surface area contributed by atoms with Gasteiger partial charge in [0.1, 0.15) is 5.78 Å². The molecule has 0 amide bonds. The Morgan fingerprint density at radius 3 is 3.15 bits per heavy atom. The Morgan fingerprint density at radius 2 is 2.46 bits per heavy atom. The van der Waals surface area contributed by atoms with E-state index in [1.54, 1.807) is 0 Å². The summed E-state index contributed by atoms with van der Waals surface area (Å²) < 4.78 is 0. The first-order chi connectivity index (χ1) is 6.34. The van der Waals surface area contributed by atoms with Crippen molar-refractivity contribution >= 4 is 5.78 Å². The number of rotatable bonds is 2. The molecule has 2 saturated heterocycles. The van der Waals surface area contributed by atoms with Crippen molar-refractivity contribution in [1.82, 2.24) is 10.2 Å². The lowest BCUT2D eigenvalue weighted by Crippen LogP contribution is -2.39. The predicted octanol–water partition coefficient (Wildman–Crippen LogP) is 0.261. The highest BCUT2D eigenvalue weighted by Gasteiger charge is 2.21. The largest absolute Gasteiger partial charge is 0.316 e. The van der Waals surface area contributed by atoms with E-state index in [0.29, 0.717) is 12.3 Å². The highest BCUT2D eigenvalue weighted by molar-refractivity contribution is 5.81. The van der Waals surface area contributed by atoms with Crippen molar-refractivity contribution in [3.05, 3.63) is 0 Å². The Kier molecular flexibility index (Phi) is 2.96. The van der Waals surface area contributed by atoms with Crippen molar-refractivity contribution in [3.63, 3.8) is 0 Å². The molecule has 0 aromatic heterocycles. The van der Waals surface area contributed by atoms with Crippen molar-refractivity contribution in [3.8, 4) is 0 Å². The van der Waals surface area contributed by atoms with Crippen LogP contribution < -0.4 is 5.32 Å². The molecule has 2 aliphatic heterocycles. The lowest BCUT2D eigenvalue weighted by Gasteiger charge is -2.27. The monoisotopic (exact) mass is 182 g/mol. The number of hydrogen-bond acceptors (Lipinski definition) is 3. The van der Waals surface area contributed by atoms with E-state index in [0.717, 1.165) is 44.9 Å². The maximum absolute atomic E-state index is 11.2. The van der Waals surface area contributed by atoms with Crippen molar-refractivity contribution in [1.29, 1.82) is 0 Å². The molecular formula is C10H18N2O. The number of hydrogen-bond donors (Lipinski definition) is 1. The van der Waals surface area contributed by atoms with E-state index in [-0.39, 0.29) is 0 Å². The molecule has 2 rings (SSSR count). The molecule has 0 bridgehead atoms. The van der Waals surface area contributed by atoms with Gasteiger partial charge in [0.15, 0.2) is 0 Å². The summed E-state index contributed by atoms with van der Waals surface area (Å²) in [4.78, 5) is 13.5. The second kappa shape index (κ2) is 4.20. The second-order valence-electron chi connectivity index (χ2n) is 4.24. The van der Waals surface area contributed by atoms with Gasteiger partial charge < -0.3 is 5.32 Å². The maximum Gasteiger partial charge on any atom is 0.146 e. The van der Waals surface area contributed by atoms with Crippen molar-refractivity contribution in [2.24, 2.45) is 5.92 Å². The Bertz CT molecular complexity index is 187. The van der Waals surface area contributed by atoms with Crippen molar-refractivity contribution < 1.29 is 4.79 Å². The minimum absolute atomic E-state index is 0.428. The van der Waals surface area contributed by atoms with Crippen LogP contribution in [0.5, 0.6) is 0 Å². The highest BCUT2D eigenvalue weighted by Crippen LogP contribution is 2.13. The topological polar surface area (TPSA) is 32.3 Å². The molecule has 3 nitrogen and oxygen atoms in total. The van der Waals surface area contributed by atoms with E-state index in [2.05, 4.69) is 10.2 Å². The summed E-state index contributed by atoms with van der Waals surface area (Å²) in [6.07, 6.45) is 3.16. The molecule has 74 valence electrons. The average molecular weight is 182 g/mol. The first-order valence-corrected chi connectivity index (χ1v) is 5.29. The number of piperidine rings is 1. The number of carbonyl (C=O) groups excluding carboxylic acids is 1. The third-order valence-electron chi connectivity index (χ3n) is 3.01. The molecule has 0 aromatic rings. The maximum atomic E-state index is 11.2. The average Bonchev–Trinajstić information content (AvgIpc) is 2.57. The second-order valence-corrected chi connectivity index (χ2v) is 4.24. The Hall–Kier alpha value is -0.410. The van der Waals surface area contributed by atoms with Gasteiger partial charge in [-0.3, -0.25) is 9.69 Å². The molecule has 0 aromatic carbocycles. The van der Waals surface area contributed by atoms with Crippen LogP contribution in [0.3, 0.4) is 0 Å². The molecular weight excluding hydrogens is 164 g/mol.